The minimum atomic E-state index is -0.444. The number of rotatable bonds is 6. The van der Waals surface area contributed by atoms with Gasteiger partial charge in [-0.2, -0.15) is 0 Å². The maximum absolute atomic E-state index is 13.7. The van der Waals surface area contributed by atoms with Gasteiger partial charge in [0.25, 0.3) is 0 Å². The fraction of sp³-hybridized carbons (Fsp3) is 0.263. The van der Waals surface area contributed by atoms with E-state index in [9.17, 15) is 9.18 Å². The van der Waals surface area contributed by atoms with Crippen molar-refractivity contribution >= 4 is 34.4 Å². The van der Waals surface area contributed by atoms with Crippen molar-refractivity contribution in [3.05, 3.63) is 54.3 Å². The van der Waals surface area contributed by atoms with Crippen LogP contribution in [0.15, 0.2) is 53.7 Å². The van der Waals surface area contributed by atoms with E-state index >= 15 is 0 Å². The first-order valence-corrected chi connectivity index (χ1v) is 9.15. The Bertz CT molecular complexity index is 891. The van der Waals surface area contributed by atoms with E-state index in [-0.39, 0.29) is 18.1 Å². The number of amides is 1. The molecule has 1 N–H and O–H groups in total. The molecular weight excluding hydrogens is 337 g/mol. The van der Waals surface area contributed by atoms with Crippen LogP contribution in [0.4, 0.5) is 10.1 Å². The van der Waals surface area contributed by atoms with E-state index in [0.29, 0.717) is 5.92 Å². The van der Waals surface area contributed by atoms with Gasteiger partial charge in [-0.15, -0.1) is 0 Å². The van der Waals surface area contributed by atoms with Crippen LogP contribution in [0.5, 0.6) is 0 Å². The summed E-state index contributed by atoms with van der Waals surface area (Å²) >= 11 is 1.63. The predicted octanol–water partition coefficient (Wildman–Crippen LogP) is 4.56. The van der Waals surface area contributed by atoms with Crippen LogP contribution in [-0.2, 0) is 11.3 Å². The molecule has 0 aliphatic heterocycles. The van der Waals surface area contributed by atoms with Gasteiger partial charge in [0.2, 0.25) is 5.91 Å². The molecule has 6 heteroatoms. The summed E-state index contributed by atoms with van der Waals surface area (Å²) in [4.78, 5) is 17.1. The number of nitrogens with zero attached hydrogens (tertiary/aromatic N) is 2. The van der Waals surface area contributed by atoms with Crippen molar-refractivity contribution in [1.29, 1.82) is 0 Å². The Labute approximate surface area is 150 Å². The number of hydrogen-bond donors (Lipinski definition) is 1. The number of para-hydroxylation sites is 3. The number of fused-ring (bicyclic) bond motifs is 1. The number of imidazole rings is 1. The fourth-order valence-electron chi connectivity index (χ4n) is 2.45. The van der Waals surface area contributed by atoms with Crippen LogP contribution in [0.2, 0.25) is 0 Å². The van der Waals surface area contributed by atoms with Crippen LogP contribution in [0.25, 0.3) is 11.0 Å². The SMILES string of the molecule is CC(C)CSc1nc2ccccc2n1CC(=O)Nc1ccccc1F. The number of halogens is 1. The second-order valence-corrected chi connectivity index (χ2v) is 7.19. The lowest BCUT2D eigenvalue weighted by Gasteiger charge is -2.11. The highest BCUT2D eigenvalue weighted by Crippen LogP contribution is 2.25. The zero-order valence-electron chi connectivity index (χ0n) is 14.2. The molecule has 130 valence electrons. The molecule has 0 radical (unpaired) electrons. The fourth-order valence-corrected chi connectivity index (χ4v) is 3.42. The third-order valence-electron chi connectivity index (χ3n) is 3.61. The maximum Gasteiger partial charge on any atom is 0.244 e. The van der Waals surface area contributed by atoms with Gasteiger partial charge in [0, 0.05) is 5.75 Å². The monoisotopic (exact) mass is 357 g/mol. The number of carbonyl (C=O) groups excluding carboxylic acids is 1. The molecule has 0 unspecified atom stereocenters. The minimum Gasteiger partial charge on any atom is -0.322 e. The molecule has 1 aromatic heterocycles. The van der Waals surface area contributed by atoms with Gasteiger partial charge >= 0.3 is 0 Å². The Morgan fingerprint density at radius 2 is 1.92 bits per heavy atom. The molecular formula is C19H20FN3OS. The second-order valence-electron chi connectivity index (χ2n) is 6.20. The Hall–Kier alpha value is -2.34. The van der Waals surface area contributed by atoms with E-state index in [1.54, 1.807) is 30.0 Å². The molecule has 0 fully saturated rings. The van der Waals surface area contributed by atoms with Crippen LogP contribution in [0, 0.1) is 11.7 Å². The zero-order valence-corrected chi connectivity index (χ0v) is 15.0. The highest BCUT2D eigenvalue weighted by Gasteiger charge is 2.15. The van der Waals surface area contributed by atoms with Gasteiger partial charge in [-0.25, -0.2) is 9.37 Å². The zero-order chi connectivity index (χ0) is 17.8. The van der Waals surface area contributed by atoms with Crippen LogP contribution in [0.1, 0.15) is 13.8 Å². The number of carbonyl (C=O) groups is 1. The molecule has 1 heterocycles. The van der Waals surface area contributed by atoms with Gasteiger partial charge in [0.05, 0.1) is 16.7 Å². The van der Waals surface area contributed by atoms with Gasteiger partial charge in [-0.3, -0.25) is 4.79 Å². The average Bonchev–Trinajstić information content (AvgIpc) is 2.93. The Balaban J connectivity index is 1.85. The third kappa shape index (κ3) is 4.20. The van der Waals surface area contributed by atoms with Crippen molar-refractivity contribution in [1.82, 2.24) is 9.55 Å². The summed E-state index contributed by atoms with van der Waals surface area (Å²) in [5.74, 6) is 0.712. The molecule has 1 amide bonds. The first-order valence-electron chi connectivity index (χ1n) is 8.17. The van der Waals surface area contributed by atoms with E-state index in [2.05, 4.69) is 24.1 Å². The first kappa shape index (κ1) is 17.5. The van der Waals surface area contributed by atoms with Gasteiger partial charge in [0.1, 0.15) is 12.4 Å². The van der Waals surface area contributed by atoms with Crippen molar-refractivity contribution in [2.45, 2.75) is 25.5 Å². The number of benzene rings is 2. The van der Waals surface area contributed by atoms with E-state index in [1.807, 2.05) is 28.8 Å². The summed E-state index contributed by atoms with van der Waals surface area (Å²) in [6.45, 7) is 4.38. The molecule has 0 saturated carbocycles. The van der Waals surface area contributed by atoms with Gasteiger partial charge in [-0.1, -0.05) is 49.9 Å². The van der Waals surface area contributed by atoms with Crippen LogP contribution in [0.3, 0.4) is 0 Å². The number of nitrogens with one attached hydrogen (secondary N) is 1. The molecule has 0 aliphatic carbocycles. The molecule has 2 aromatic carbocycles. The number of aromatic nitrogens is 2. The van der Waals surface area contributed by atoms with Crippen molar-refractivity contribution in [2.75, 3.05) is 11.1 Å². The van der Waals surface area contributed by atoms with E-state index < -0.39 is 5.82 Å². The lowest BCUT2D eigenvalue weighted by atomic mass is 10.3. The van der Waals surface area contributed by atoms with Crippen LogP contribution >= 0.6 is 11.8 Å². The number of anilines is 1. The standard InChI is InChI=1S/C19H20FN3OS/c1-13(2)12-25-19-22-16-9-5-6-10-17(16)23(19)11-18(24)21-15-8-4-3-7-14(15)20/h3-10,13H,11-12H2,1-2H3,(H,21,24). The van der Waals surface area contributed by atoms with Gasteiger partial charge < -0.3 is 9.88 Å². The summed E-state index contributed by atoms with van der Waals surface area (Å²) in [7, 11) is 0. The van der Waals surface area contributed by atoms with Crippen molar-refractivity contribution in [2.24, 2.45) is 5.92 Å². The lowest BCUT2D eigenvalue weighted by molar-refractivity contribution is -0.116. The Morgan fingerprint density at radius 3 is 2.68 bits per heavy atom. The summed E-state index contributed by atoms with van der Waals surface area (Å²) in [6.07, 6.45) is 0. The molecule has 0 spiro atoms. The van der Waals surface area contributed by atoms with E-state index in [4.69, 9.17) is 0 Å². The second kappa shape index (κ2) is 7.70. The summed E-state index contributed by atoms with van der Waals surface area (Å²) in [6, 6.07) is 13.9. The largest absolute Gasteiger partial charge is 0.322 e. The molecule has 3 rings (SSSR count). The van der Waals surface area contributed by atoms with Gasteiger partial charge in [-0.05, 0) is 30.2 Å². The van der Waals surface area contributed by atoms with E-state index in [0.717, 1.165) is 21.9 Å². The average molecular weight is 357 g/mol. The highest BCUT2D eigenvalue weighted by atomic mass is 32.2. The summed E-state index contributed by atoms with van der Waals surface area (Å²) in [5.41, 5.74) is 1.94. The van der Waals surface area contributed by atoms with Crippen LogP contribution in [-0.4, -0.2) is 21.2 Å². The van der Waals surface area contributed by atoms with Gasteiger partial charge in [0.15, 0.2) is 5.16 Å². The quantitative estimate of drug-likeness (QED) is 0.658. The van der Waals surface area contributed by atoms with Crippen molar-refractivity contribution in [3.8, 4) is 0 Å². The molecule has 0 bridgehead atoms. The summed E-state index contributed by atoms with van der Waals surface area (Å²) < 4.78 is 15.6. The maximum atomic E-state index is 13.7. The molecule has 4 nitrogen and oxygen atoms in total. The van der Waals surface area contributed by atoms with Crippen molar-refractivity contribution in [3.63, 3.8) is 0 Å². The Morgan fingerprint density at radius 1 is 1.20 bits per heavy atom. The lowest BCUT2D eigenvalue weighted by Crippen LogP contribution is -2.20. The van der Waals surface area contributed by atoms with E-state index in [1.165, 1.54) is 6.07 Å². The topological polar surface area (TPSA) is 46.9 Å². The first-order chi connectivity index (χ1) is 12.0. The van der Waals surface area contributed by atoms with Crippen molar-refractivity contribution < 1.29 is 9.18 Å². The highest BCUT2D eigenvalue weighted by molar-refractivity contribution is 7.99. The molecule has 0 saturated heterocycles. The normalized spacial score (nSPS) is 11.2. The molecule has 0 aliphatic rings. The minimum absolute atomic E-state index is 0.0925. The number of thioether (sulfide) groups is 1. The summed E-state index contributed by atoms with van der Waals surface area (Å²) in [5, 5.41) is 3.44. The molecule has 3 aromatic rings. The number of hydrogen-bond acceptors (Lipinski definition) is 3. The molecule has 25 heavy (non-hydrogen) atoms. The Kier molecular flexibility index (Phi) is 5.38. The smallest absolute Gasteiger partial charge is 0.244 e. The van der Waals surface area contributed by atoms with Crippen LogP contribution < -0.4 is 5.32 Å². The third-order valence-corrected chi connectivity index (χ3v) is 5.02. The molecule has 0 atom stereocenters. The predicted molar refractivity (Wildman–Crippen MR) is 100 cm³/mol.